The summed E-state index contributed by atoms with van der Waals surface area (Å²) in [5, 5.41) is 40.8. The zero-order valence-electron chi connectivity index (χ0n) is 17.9. The number of aromatic nitrogens is 4. The first-order valence-corrected chi connectivity index (χ1v) is 12.1. The summed E-state index contributed by atoms with van der Waals surface area (Å²) in [6.07, 6.45) is 3.37. The van der Waals surface area contributed by atoms with E-state index in [2.05, 4.69) is 9.97 Å². The summed E-state index contributed by atoms with van der Waals surface area (Å²) in [6, 6.07) is 15.5. The minimum absolute atomic E-state index is 0.0589. The molecule has 162 valence electrons. The first-order valence-electron chi connectivity index (χ1n) is 10.5. The summed E-state index contributed by atoms with van der Waals surface area (Å²) >= 11 is 2.76. The third-order valence-corrected chi connectivity index (χ3v) is 8.44. The Hall–Kier alpha value is -5.26. The van der Waals surface area contributed by atoms with Crippen molar-refractivity contribution in [1.29, 1.82) is 21.0 Å². The number of hydrogen-bond acceptors (Lipinski definition) is 10. The SMILES string of the molecule is N#CC(C#N)=C1c2nc3c(nc2-c2c1sc1ncccc21)C(=C(C#N)C#N)c1sc2ncccc2c1-3. The Bertz CT molecular complexity index is 1910. The zero-order chi connectivity index (χ0) is 24.6. The van der Waals surface area contributed by atoms with Gasteiger partial charge in [-0.3, -0.25) is 0 Å². The van der Waals surface area contributed by atoms with Crippen molar-refractivity contribution in [3.05, 3.63) is 68.9 Å². The van der Waals surface area contributed by atoms with Crippen LogP contribution in [0.5, 0.6) is 0 Å². The van der Waals surface area contributed by atoms with Gasteiger partial charge in [0.1, 0.15) is 56.5 Å². The second kappa shape index (κ2) is 7.12. The van der Waals surface area contributed by atoms with Crippen LogP contribution in [0.4, 0.5) is 0 Å². The van der Waals surface area contributed by atoms with Gasteiger partial charge >= 0.3 is 0 Å². The summed E-state index contributed by atoms with van der Waals surface area (Å²) in [6.45, 7) is 0. The monoisotopic (exact) mass is 494 g/mol. The number of thiophene rings is 2. The van der Waals surface area contributed by atoms with Gasteiger partial charge in [0.05, 0.1) is 21.1 Å². The van der Waals surface area contributed by atoms with E-state index in [1.54, 1.807) is 12.4 Å². The van der Waals surface area contributed by atoms with Crippen molar-refractivity contribution in [2.45, 2.75) is 0 Å². The van der Waals surface area contributed by atoms with E-state index < -0.39 is 0 Å². The van der Waals surface area contributed by atoms with E-state index in [9.17, 15) is 21.0 Å². The number of rotatable bonds is 0. The van der Waals surface area contributed by atoms with Crippen LogP contribution in [0.3, 0.4) is 0 Å². The number of fused-ring (bicyclic) bond motifs is 10. The number of pyridine rings is 2. The third kappa shape index (κ3) is 2.36. The van der Waals surface area contributed by atoms with Gasteiger partial charge in [0.25, 0.3) is 0 Å². The van der Waals surface area contributed by atoms with E-state index in [1.807, 2.05) is 48.5 Å². The Morgan fingerprint density at radius 3 is 1.42 bits per heavy atom. The smallest absolute Gasteiger partial charge is 0.140 e. The van der Waals surface area contributed by atoms with Crippen molar-refractivity contribution in [2.75, 3.05) is 0 Å². The van der Waals surface area contributed by atoms with Crippen LogP contribution in [0.1, 0.15) is 21.1 Å². The molecule has 0 aliphatic heterocycles. The molecule has 0 aromatic carbocycles. The molecule has 10 heteroatoms. The molecule has 5 aromatic heterocycles. The van der Waals surface area contributed by atoms with E-state index >= 15 is 0 Å². The lowest BCUT2D eigenvalue weighted by Gasteiger charge is -2.08. The van der Waals surface area contributed by atoms with Crippen LogP contribution in [-0.4, -0.2) is 19.9 Å². The highest BCUT2D eigenvalue weighted by atomic mass is 32.1. The Labute approximate surface area is 210 Å². The van der Waals surface area contributed by atoms with Crippen molar-refractivity contribution >= 4 is 54.3 Å². The Kier molecular flexibility index (Phi) is 3.98. The average Bonchev–Trinajstić information content (AvgIpc) is 3.62. The van der Waals surface area contributed by atoms with Crippen LogP contribution in [0.2, 0.25) is 0 Å². The topological polar surface area (TPSA) is 147 Å². The van der Waals surface area contributed by atoms with Gasteiger partial charge in [0.2, 0.25) is 0 Å². The van der Waals surface area contributed by atoms with Gasteiger partial charge in [-0.25, -0.2) is 19.9 Å². The van der Waals surface area contributed by atoms with E-state index in [0.717, 1.165) is 31.6 Å². The molecule has 2 aliphatic rings. The van der Waals surface area contributed by atoms with E-state index in [-0.39, 0.29) is 11.1 Å². The molecule has 0 spiro atoms. The molecule has 36 heavy (non-hydrogen) atoms. The van der Waals surface area contributed by atoms with Gasteiger partial charge < -0.3 is 0 Å². The van der Waals surface area contributed by atoms with Crippen LogP contribution < -0.4 is 0 Å². The van der Waals surface area contributed by atoms with Gasteiger partial charge in [-0.05, 0) is 24.3 Å². The summed E-state index contributed by atoms with van der Waals surface area (Å²) < 4.78 is 0. The fourth-order valence-corrected chi connectivity index (χ4v) is 7.17. The lowest BCUT2D eigenvalue weighted by molar-refractivity contribution is 1.18. The third-order valence-electron chi connectivity index (χ3n) is 6.18. The molecule has 8 nitrogen and oxygen atoms in total. The maximum atomic E-state index is 9.77. The van der Waals surface area contributed by atoms with Crippen molar-refractivity contribution < 1.29 is 0 Å². The number of nitrogens with zero attached hydrogens (tertiary/aromatic N) is 8. The molecule has 0 atom stereocenters. The molecule has 0 radical (unpaired) electrons. The fraction of sp³-hybridized carbons (Fsp3) is 0. The normalized spacial score (nSPS) is 12.2. The molecule has 7 rings (SSSR count). The standard InChI is InChI=1S/C26H6N8S2/c27-7-11(8-28)15-19-21(17-13-3-1-5-31-25(13)35-23(15)17)33-20-16(12(9-29)10-30)24-18(22(20)34-19)14-4-2-6-32-26(14)36-24/h1-6H. The van der Waals surface area contributed by atoms with Gasteiger partial charge in [0.15, 0.2) is 0 Å². The Balaban J connectivity index is 1.67. The summed E-state index contributed by atoms with van der Waals surface area (Å²) in [7, 11) is 0. The molecule has 2 aliphatic carbocycles. The number of hydrogen-bond donors (Lipinski definition) is 0. The number of allylic oxidation sites excluding steroid dienone is 2. The van der Waals surface area contributed by atoms with Crippen molar-refractivity contribution in [3.8, 4) is 46.8 Å². The maximum absolute atomic E-state index is 9.77. The quantitative estimate of drug-likeness (QED) is 0.256. The van der Waals surface area contributed by atoms with E-state index in [1.165, 1.54) is 22.7 Å². The molecule has 0 amide bonds. The zero-order valence-corrected chi connectivity index (χ0v) is 19.5. The van der Waals surface area contributed by atoms with Crippen LogP contribution in [0.15, 0.2) is 47.8 Å². The fourth-order valence-electron chi connectivity index (χ4n) is 4.77. The first-order chi connectivity index (χ1) is 17.7. The van der Waals surface area contributed by atoms with Crippen LogP contribution in [0.25, 0.3) is 54.1 Å². The molecule has 0 fully saturated rings. The second-order valence-corrected chi connectivity index (χ2v) is 9.89. The van der Waals surface area contributed by atoms with Gasteiger partial charge in [0, 0.05) is 45.4 Å². The van der Waals surface area contributed by atoms with Crippen molar-refractivity contribution in [1.82, 2.24) is 19.9 Å². The van der Waals surface area contributed by atoms with Crippen LogP contribution in [0, 0.1) is 45.3 Å². The predicted molar refractivity (Wildman–Crippen MR) is 134 cm³/mol. The Morgan fingerprint density at radius 2 is 1.03 bits per heavy atom. The number of nitriles is 4. The van der Waals surface area contributed by atoms with Gasteiger partial charge in [-0.2, -0.15) is 21.0 Å². The van der Waals surface area contributed by atoms with E-state index in [0.29, 0.717) is 43.7 Å². The molecule has 5 heterocycles. The van der Waals surface area contributed by atoms with Crippen molar-refractivity contribution in [3.63, 3.8) is 0 Å². The van der Waals surface area contributed by atoms with E-state index in [4.69, 9.17) is 9.97 Å². The summed E-state index contributed by atoms with van der Waals surface area (Å²) in [5.74, 6) is 0. The molecular weight excluding hydrogens is 488 g/mol. The second-order valence-electron chi connectivity index (χ2n) is 7.89. The molecule has 0 unspecified atom stereocenters. The van der Waals surface area contributed by atoms with Gasteiger partial charge in [-0.15, -0.1) is 22.7 Å². The molecule has 0 saturated heterocycles. The highest BCUT2D eigenvalue weighted by molar-refractivity contribution is 7.21. The predicted octanol–water partition coefficient (Wildman–Crippen LogP) is 5.35. The average molecular weight is 495 g/mol. The lowest BCUT2D eigenvalue weighted by Crippen LogP contribution is -1.99. The summed E-state index contributed by atoms with van der Waals surface area (Å²) in [5.41, 5.74) is 4.13. The molecule has 0 N–H and O–H groups in total. The molecule has 0 saturated carbocycles. The highest BCUT2D eigenvalue weighted by Gasteiger charge is 2.40. The van der Waals surface area contributed by atoms with Crippen LogP contribution in [-0.2, 0) is 0 Å². The summed E-state index contributed by atoms with van der Waals surface area (Å²) in [4.78, 5) is 21.8. The van der Waals surface area contributed by atoms with Crippen molar-refractivity contribution in [2.24, 2.45) is 0 Å². The minimum Gasteiger partial charge on any atom is -0.245 e. The van der Waals surface area contributed by atoms with Crippen LogP contribution >= 0.6 is 22.7 Å². The lowest BCUT2D eigenvalue weighted by atomic mass is 10.1. The Morgan fingerprint density at radius 1 is 0.611 bits per heavy atom. The molecule has 5 aromatic rings. The minimum atomic E-state index is -0.0589. The molecule has 0 bridgehead atoms. The van der Waals surface area contributed by atoms with Gasteiger partial charge in [-0.1, -0.05) is 0 Å². The molecular formula is C26H6N8S2. The largest absolute Gasteiger partial charge is 0.245 e. The first kappa shape index (κ1) is 20.1. The maximum Gasteiger partial charge on any atom is 0.140 e. The highest BCUT2D eigenvalue weighted by Crippen LogP contribution is 2.56.